The van der Waals surface area contributed by atoms with E-state index in [9.17, 15) is 9.18 Å². The number of hydrogen-bond acceptors (Lipinski definition) is 3. The van der Waals surface area contributed by atoms with Gasteiger partial charge in [0.05, 0.1) is 6.07 Å². The van der Waals surface area contributed by atoms with E-state index in [2.05, 4.69) is 16.3 Å². The van der Waals surface area contributed by atoms with Crippen LogP contribution in [0.15, 0.2) is 24.3 Å². The van der Waals surface area contributed by atoms with Crippen LogP contribution in [0.2, 0.25) is 0 Å². The predicted octanol–water partition coefficient (Wildman–Crippen LogP) is 2.07. The fourth-order valence-corrected chi connectivity index (χ4v) is 2.56. The highest BCUT2D eigenvalue weighted by Gasteiger charge is 2.24. The summed E-state index contributed by atoms with van der Waals surface area (Å²) in [6.45, 7) is 2.97. The number of carbonyl (C=O) groups excluding carboxylic acids is 1. The number of nitrogens with zero attached hydrogens (tertiary/aromatic N) is 2. The fraction of sp³-hybridized carbons (Fsp3) is 0.500. The summed E-state index contributed by atoms with van der Waals surface area (Å²) in [6, 6.07) is 8.30. The van der Waals surface area contributed by atoms with Crippen LogP contribution in [0, 0.1) is 23.1 Å². The minimum Gasteiger partial charge on any atom is -0.352 e. The third-order valence-corrected chi connectivity index (χ3v) is 3.88. The maximum atomic E-state index is 12.8. The minimum absolute atomic E-state index is 0.0452. The molecule has 1 aromatic carbocycles. The van der Waals surface area contributed by atoms with Gasteiger partial charge in [-0.05, 0) is 43.6 Å². The molecule has 1 amide bonds. The Morgan fingerprint density at radius 3 is 2.62 bits per heavy atom. The third kappa shape index (κ3) is 4.83. The number of halogens is 1. The monoisotopic (exact) mass is 289 g/mol. The van der Waals surface area contributed by atoms with Crippen molar-refractivity contribution >= 4 is 5.91 Å². The summed E-state index contributed by atoms with van der Waals surface area (Å²) in [5.74, 6) is -0.155. The van der Waals surface area contributed by atoms with Gasteiger partial charge in [-0.2, -0.15) is 5.26 Å². The second kappa shape index (κ2) is 7.75. The smallest absolute Gasteiger partial charge is 0.223 e. The number of nitrogens with one attached hydrogen (secondary N) is 1. The molecule has 1 saturated heterocycles. The lowest BCUT2D eigenvalue weighted by Crippen LogP contribution is -2.40. The molecular weight excluding hydrogens is 269 g/mol. The maximum Gasteiger partial charge on any atom is 0.223 e. The van der Waals surface area contributed by atoms with Gasteiger partial charge in [-0.15, -0.1) is 0 Å². The van der Waals surface area contributed by atoms with Crippen LogP contribution in [0.1, 0.15) is 24.8 Å². The minimum atomic E-state index is -0.269. The molecule has 0 bridgehead atoms. The molecule has 1 aliphatic heterocycles. The third-order valence-electron chi connectivity index (χ3n) is 3.88. The van der Waals surface area contributed by atoms with E-state index < -0.39 is 0 Å². The first-order valence-electron chi connectivity index (χ1n) is 7.30. The van der Waals surface area contributed by atoms with Crippen molar-refractivity contribution in [3.05, 3.63) is 35.6 Å². The Bertz CT molecular complexity index is 501. The van der Waals surface area contributed by atoms with Crippen molar-refractivity contribution < 1.29 is 9.18 Å². The largest absolute Gasteiger partial charge is 0.352 e. The van der Waals surface area contributed by atoms with Crippen LogP contribution in [0.25, 0.3) is 0 Å². The molecule has 4 nitrogen and oxygen atoms in total. The lowest BCUT2D eigenvalue weighted by molar-refractivity contribution is -0.126. The van der Waals surface area contributed by atoms with Gasteiger partial charge in [-0.1, -0.05) is 12.1 Å². The van der Waals surface area contributed by atoms with Crippen LogP contribution in [0.3, 0.4) is 0 Å². The van der Waals surface area contributed by atoms with Crippen molar-refractivity contribution in [2.45, 2.75) is 25.8 Å². The lowest BCUT2D eigenvalue weighted by Gasteiger charge is -2.30. The molecule has 2 rings (SSSR count). The summed E-state index contributed by atoms with van der Waals surface area (Å²) in [4.78, 5) is 14.3. The Balaban J connectivity index is 1.72. The number of amides is 1. The van der Waals surface area contributed by atoms with Gasteiger partial charge in [0, 0.05) is 25.4 Å². The first kappa shape index (κ1) is 15.5. The van der Waals surface area contributed by atoms with Gasteiger partial charge in [0.2, 0.25) is 5.91 Å². The van der Waals surface area contributed by atoms with Crippen molar-refractivity contribution in [3.63, 3.8) is 0 Å². The molecule has 0 atom stereocenters. The highest BCUT2D eigenvalue weighted by molar-refractivity contribution is 5.78. The molecule has 112 valence electrons. The highest BCUT2D eigenvalue weighted by Crippen LogP contribution is 2.17. The Morgan fingerprint density at radius 2 is 2.00 bits per heavy atom. The first-order chi connectivity index (χ1) is 10.2. The summed E-state index contributed by atoms with van der Waals surface area (Å²) in [5.41, 5.74) is 0.899. The molecule has 5 heteroatoms. The van der Waals surface area contributed by atoms with E-state index in [-0.39, 0.29) is 17.6 Å². The van der Waals surface area contributed by atoms with Crippen LogP contribution < -0.4 is 5.32 Å². The Hall–Kier alpha value is -1.93. The van der Waals surface area contributed by atoms with Gasteiger partial charge in [0.1, 0.15) is 5.82 Å². The molecule has 1 N–H and O–H groups in total. The molecule has 0 radical (unpaired) electrons. The molecule has 0 aliphatic carbocycles. The summed E-state index contributed by atoms with van der Waals surface area (Å²) >= 11 is 0. The number of likely N-dealkylation sites (tertiary alicyclic amines) is 1. The number of nitriles is 1. The van der Waals surface area contributed by atoms with Gasteiger partial charge < -0.3 is 10.2 Å². The number of hydrogen-bond donors (Lipinski definition) is 1. The van der Waals surface area contributed by atoms with Crippen molar-refractivity contribution in [1.29, 1.82) is 5.26 Å². The van der Waals surface area contributed by atoms with E-state index in [0.29, 0.717) is 13.0 Å². The maximum absolute atomic E-state index is 12.8. The van der Waals surface area contributed by atoms with E-state index in [1.165, 1.54) is 12.1 Å². The van der Waals surface area contributed by atoms with Crippen molar-refractivity contribution in [2.75, 3.05) is 19.6 Å². The molecule has 0 unspecified atom stereocenters. The van der Waals surface area contributed by atoms with Gasteiger partial charge in [-0.3, -0.25) is 4.79 Å². The van der Waals surface area contributed by atoms with E-state index in [0.717, 1.165) is 38.0 Å². The average Bonchev–Trinajstić information content (AvgIpc) is 2.52. The Labute approximate surface area is 124 Å². The van der Waals surface area contributed by atoms with Gasteiger partial charge in [0.15, 0.2) is 0 Å². The van der Waals surface area contributed by atoms with Crippen LogP contribution in [0.4, 0.5) is 4.39 Å². The average molecular weight is 289 g/mol. The Morgan fingerprint density at radius 1 is 1.33 bits per heavy atom. The molecule has 0 aromatic heterocycles. The predicted molar refractivity (Wildman–Crippen MR) is 77.6 cm³/mol. The number of carbonyl (C=O) groups is 1. The van der Waals surface area contributed by atoms with Crippen molar-refractivity contribution in [3.8, 4) is 6.07 Å². The first-order valence-corrected chi connectivity index (χ1v) is 7.30. The van der Waals surface area contributed by atoms with Crippen LogP contribution in [-0.4, -0.2) is 30.4 Å². The normalized spacial score (nSPS) is 16.4. The standard InChI is InChI=1S/C16H20FN3O/c17-15-4-2-13(3-5-15)12-19-16(21)14-6-10-20(11-7-14)9-1-8-18/h2-5,14H,1,6-7,9-12H2,(H,19,21). The summed E-state index contributed by atoms with van der Waals surface area (Å²) in [7, 11) is 0. The number of benzene rings is 1. The second-order valence-corrected chi connectivity index (χ2v) is 5.37. The molecule has 1 heterocycles. The summed E-state index contributed by atoms with van der Waals surface area (Å²) in [6.07, 6.45) is 2.21. The fourth-order valence-electron chi connectivity index (χ4n) is 2.56. The molecule has 1 aliphatic rings. The molecule has 1 fully saturated rings. The molecule has 21 heavy (non-hydrogen) atoms. The number of piperidine rings is 1. The molecule has 0 spiro atoms. The molecular formula is C16H20FN3O. The van der Waals surface area contributed by atoms with Crippen LogP contribution in [0.5, 0.6) is 0 Å². The topological polar surface area (TPSA) is 56.1 Å². The van der Waals surface area contributed by atoms with Crippen LogP contribution in [-0.2, 0) is 11.3 Å². The van der Waals surface area contributed by atoms with Gasteiger partial charge in [0.25, 0.3) is 0 Å². The zero-order chi connectivity index (χ0) is 15.1. The molecule has 0 saturated carbocycles. The second-order valence-electron chi connectivity index (χ2n) is 5.37. The Kier molecular flexibility index (Phi) is 5.70. The SMILES string of the molecule is N#CCCN1CCC(C(=O)NCc2ccc(F)cc2)CC1. The molecule has 1 aromatic rings. The van der Waals surface area contributed by atoms with E-state index in [1.54, 1.807) is 12.1 Å². The lowest BCUT2D eigenvalue weighted by atomic mass is 9.95. The van der Waals surface area contributed by atoms with E-state index in [4.69, 9.17) is 5.26 Å². The van der Waals surface area contributed by atoms with Gasteiger partial charge in [-0.25, -0.2) is 4.39 Å². The van der Waals surface area contributed by atoms with Gasteiger partial charge >= 0.3 is 0 Å². The van der Waals surface area contributed by atoms with E-state index >= 15 is 0 Å². The zero-order valence-corrected chi connectivity index (χ0v) is 12.0. The van der Waals surface area contributed by atoms with E-state index in [1.807, 2.05) is 0 Å². The highest BCUT2D eigenvalue weighted by atomic mass is 19.1. The summed E-state index contributed by atoms with van der Waals surface area (Å²) in [5, 5.41) is 11.5. The van der Waals surface area contributed by atoms with Crippen molar-refractivity contribution in [1.82, 2.24) is 10.2 Å². The number of rotatable bonds is 5. The van der Waals surface area contributed by atoms with Crippen molar-refractivity contribution in [2.24, 2.45) is 5.92 Å². The summed E-state index contributed by atoms with van der Waals surface area (Å²) < 4.78 is 12.8. The quantitative estimate of drug-likeness (QED) is 0.903. The van der Waals surface area contributed by atoms with Crippen LogP contribution >= 0.6 is 0 Å². The zero-order valence-electron chi connectivity index (χ0n) is 12.0.